The van der Waals surface area contributed by atoms with Gasteiger partial charge < -0.3 is 14.7 Å². The number of carbonyl (C=O) groups is 1. The molecule has 4 rings (SSSR count). The normalized spacial score (nSPS) is 17.5. The number of carboxylic acid groups (broad SMARTS) is 1. The van der Waals surface area contributed by atoms with Gasteiger partial charge in [0.05, 0.1) is 5.56 Å². The van der Waals surface area contributed by atoms with E-state index in [9.17, 15) is 18.0 Å². The van der Waals surface area contributed by atoms with Crippen molar-refractivity contribution < 1.29 is 32.6 Å². The molecule has 0 unspecified atom stereocenters. The first kappa shape index (κ1) is 28.0. The fourth-order valence-corrected chi connectivity index (χ4v) is 5.41. The van der Waals surface area contributed by atoms with Crippen molar-refractivity contribution in [2.24, 2.45) is 5.16 Å². The van der Waals surface area contributed by atoms with Gasteiger partial charge in [-0.1, -0.05) is 61.7 Å². The van der Waals surface area contributed by atoms with Gasteiger partial charge in [-0.3, -0.25) is 4.90 Å². The van der Waals surface area contributed by atoms with E-state index in [0.717, 1.165) is 50.6 Å². The highest BCUT2D eigenvalue weighted by molar-refractivity contribution is 5.61. The molecule has 206 valence electrons. The summed E-state index contributed by atoms with van der Waals surface area (Å²) in [5.41, 5.74) is 3.76. The molecule has 38 heavy (non-hydrogen) atoms. The van der Waals surface area contributed by atoms with Crippen molar-refractivity contribution in [3.05, 3.63) is 69.8 Å². The Balaban J connectivity index is 1.29. The number of aryl methyl sites for hydroxylation is 1. The summed E-state index contributed by atoms with van der Waals surface area (Å²) in [6.45, 7) is 3.98. The number of oxime groups is 1. The summed E-state index contributed by atoms with van der Waals surface area (Å²) in [4.78, 5) is 18.1. The minimum Gasteiger partial charge on any atom is -0.450 e. The van der Waals surface area contributed by atoms with Crippen LogP contribution in [0.4, 0.5) is 18.0 Å². The number of ether oxygens (including phenoxy) is 1. The van der Waals surface area contributed by atoms with Crippen molar-refractivity contribution in [3.8, 4) is 0 Å². The molecule has 6 nitrogen and oxygen atoms in total. The summed E-state index contributed by atoms with van der Waals surface area (Å²) in [5.74, 6) is -0.0264. The average Bonchev–Trinajstić information content (AvgIpc) is 2.87. The van der Waals surface area contributed by atoms with E-state index in [-0.39, 0.29) is 18.6 Å². The number of hydrogen-bond donors (Lipinski definition) is 1. The molecular formula is C29H35F3N2O4. The van der Waals surface area contributed by atoms with Gasteiger partial charge in [-0.25, -0.2) is 4.79 Å². The Hall–Kier alpha value is -3.07. The van der Waals surface area contributed by atoms with E-state index in [2.05, 4.69) is 29.1 Å². The lowest BCUT2D eigenvalue weighted by molar-refractivity contribution is -0.138. The van der Waals surface area contributed by atoms with Gasteiger partial charge in [0, 0.05) is 32.3 Å². The maximum atomic E-state index is 13.8. The summed E-state index contributed by atoms with van der Waals surface area (Å²) in [7, 11) is 0. The molecule has 2 aromatic carbocycles. The van der Waals surface area contributed by atoms with Crippen molar-refractivity contribution in [2.75, 3.05) is 13.1 Å². The number of halogens is 3. The van der Waals surface area contributed by atoms with E-state index >= 15 is 0 Å². The summed E-state index contributed by atoms with van der Waals surface area (Å²) in [5, 5.41) is 12.7. The third kappa shape index (κ3) is 7.49. The molecule has 0 aromatic heterocycles. The predicted molar refractivity (Wildman–Crippen MR) is 138 cm³/mol. The second-order valence-electron chi connectivity index (χ2n) is 10.2. The Morgan fingerprint density at radius 3 is 2.50 bits per heavy atom. The van der Waals surface area contributed by atoms with Gasteiger partial charge in [-0.05, 0) is 59.1 Å². The lowest BCUT2D eigenvalue weighted by atomic mass is 9.81. The van der Waals surface area contributed by atoms with E-state index in [0.29, 0.717) is 30.6 Å². The highest BCUT2D eigenvalue weighted by Crippen LogP contribution is 2.41. The lowest BCUT2D eigenvalue weighted by Gasteiger charge is -2.38. The zero-order valence-corrected chi connectivity index (χ0v) is 21.7. The van der Waals surface area contributed by atoms with Crippen molar-refractivity contribution in [3.63, 3.8) is 0 Å². The smallest absolute Gasteiger partial charge is 0.450 e. The maximum Gasteiger partial charge on any atom is 0.506 e. The van der Waals surface area contributed by atoms with Crippen LogP contribution < -0.4 is 0 Å². The SMILES string of the molecule is CCc1cc(C/C=N/OCc2ccc(C3CCCCC3)c(C(F)(F)F)c2)ccc1CN1CC(OC(=O)O)C1. The molecule has 1 saturated carbocycles. The van der Waals surface area contributed by atoms with Crippen LogP contribution in [-0.4, -0.2) is 41.6 Å². The van der Waals surface area contributed by atoms with E-state index in [1.54, 1.807) is 18.3 Å². The number of hydrogen-bond acceptors (Lipinski definition) is 5. The molecule has 2 aromatic rings. The Labute approximate surface area is 221 Å². The van der Waals surface area contributed by atoms with Crippen LogP contribution in [0.25, 0.3) is 0 Å². The monoisotopic (exact) mass is 532 g/mol. The van der Waals surface area contributed by atoms with Crippen LogP contribution in [0.5, 0.6) is 0 Å². The summed E-state index contributed by atoms with van der Waals surface area (Å²) in [6, 6.07) is 10.8. The van der Waals surface area contributed by atoms with E-state index < -0.39 is 17.9 Å². The zero-order chi connectivity index (χ0) is 27.1. The molecular weight excluding hydrogens is 497 g/mol. The molecule has 9 heteroatoms. The summed E-state index contributed by atoms with van der Waals surface area (Å²) >= 11 is 0. The van der Waals surface area contributed by atoms with Gasteiger partial charge >= 0.3 is 12.3 Å². The van der Waals surface area contributed by atoms with Gasteiger partial charge in [-0.15, -0.1) is 0 Å². The summed E-state index contributed by atoms with van der Waals surface area (Å²) < 4.78 is 46.1. The number of benzene rings is 2. The topological polar surface area (TPSA) is 71.4 Å². The van der Waals surface area contributed by atoms with Gasteiger partial charge in [0.25, 0.3) is 0 Å². The largest absolute Gasteiger partial charge is 0.506 e. The van der Waals surface area contributed by atoms with Crippen molar-refractivity contribution >= 4 is 12.4 Å². The number of rotatable bonds is 10. The second-order valence-corrected chi connectivity index (χ2v) is 10.2. The van der Waals surface area contributed by atoms with Crippen molar-refractivity contribution in [2.45, 2.75) is 83.2 Å². The van der Waals surface area contributed by atoms with Gasteiger partial charge in [0.1, 0.15) is 12.7 Å². The van der Waals surface area contributed by atoms with Gasteiger partial charge in [-0.2, -0.15) is 13.2 Å². The zero-order valence-electron chi connectivity index (χ0n) is 21.7. The molecule has 0 amide bonds. The van der Waals surface area contributed by atoms with Crippen LogP contribution in [0.2, 0.25) is 0 Å². The quantitative estimate of drug-likeness (QED) is 0.204. The standard InChI is InChI=1S/C29H35F3N2O4/c1-2-22-14-20(8-10-24(22)16-34-17-25(18-34)38-28(35)36)12-13-33-37-19-21-9-11-26(23-6-4-3-5-7-23)27(15-21)29(30,31)32/h8-11,13-15,23,25H,2-7,12,16-19H2,1H3,(H,35,36)/b33-13+. The molecule has 1 saturated heterocycles. The predicted octanol–water partition coefficient (Wildman–Crippen LogP) is 6.94. The van der Waals surface area contributed by atoms with Crippen molar-refractivity contribution in [1.29, 1.82) is 0 Å². The Morgan fingerprint density at radius 1 is 1.08 bits per heavy atom. The third-order valence-corrected chi connectivity index (χ3v) is 7.41. The molecule has 0 radical (unpaired) electrons. The summed E-state index contributed by atoms with van der Waals surface area (Å²) in [6.07, 6.45) is 1.81. The van der Waals surface area contributed by atoms with E-state index in [1.807, 2.05) is 6.07 Å². The maximum absolute atomic E-state index is 13.8. The number of alkyl halides is 3. The Morgan fingerprint density at radius 2 is 1.82 bits per heavy atom. The Kier molecular flexibility index (Phi) is 9.31. The van der Waals surface area contributed by atoms with Crippen LogP contribution in [0.1, 0.15) is 78.3 Å². The minimum atomic E-state index is -4.39. The fraction of sp³-hybridized carbons (Fsp3) is 0.517. The molecule has 0 spiro atoms. The molecule has 0 atom stereocenters. The first-order chi connectivity index (χ1) is 18.2. The number of likely N-dealkylation sites (tertiary alicyclic amines) is 1. The molecule has 1 heterocycles. The second kappa shape index (κ2) is 12.7. The van der Waals surface area contributed by atoms with E-state index in [4.69, 9.17) is 14.7 Å². The molecule has 1 aliphatic heterocycles. The average molecular weight is 533 g/mol. The van der Waals surface area contributed by atoms with Gasteiger partial charge in [0.2, 0.25) is 0 Å². The van der Waals surface area contributed by atoms with Crippen LogP contribution in [0.3, 0.4) is 0 Å². The molecule has 0 bridgehead atoms. The van der Waals surface area contributed by atoms with Crippen molar-refractivity contribution in [1.82, 2.24) is 4.90 Å². The molecule has 2 fully saturated rings. The van der Waals surface area contributed by atoms with Gasteiger partial charge in [0.15, 0.2) is 0 Å². The number of nitrogens with zero attached hydrogens (tertiary/aromatic N) is 2. The molecule has 1 N–H and O–H groups in total. The minimum absolute atomic E-state index is 0.0217. The third-order valence-electron chi connectivity index (χ3n) is 7.41. The van der Waals surface area contributed by atoms with E-state index in [1.165, 1.54) is 17.2 Å². The van der Waals surface area contributed by atoms with Crippen LogP contribution in [-0.2, 0) is 41.7 Å². The molecule has 2 aliphatic rings. The van der Waals surface area contributed by atoms with Crippen LogP contribution in [0, 0.1) is 0 Å². The highest BCUT2D eigenvalue weighted by atomic mass is 19.4. The van der Waals surface area contributed by atoms with Crippen LogP contribution in [0.15, 0.2) is 41.6 Å². The Bertz CT molecular complexity index is 1120. The fourth-order valence-electron chi connectivity index (χ4n) is 5.41. The first-order valence-electron chi connectivity index (χ1n) is 13.3. The lowest BCUT2D eigenvalue weighted by Crippen LogP contribution is -2.52. The highest BCUT2D eigenvalue weighted by Gasteiger charge is 2.36. The molecule has 1 aliphatic carbocycles. The van der Waals surface area contributed by atoms with Crippen LogP contribution >= 0.6 is 0 Å². The first-order valence-corrected chi connectivity index (χ1v) is 13.3.